The maximum Gasteiger partial charge on any atom is 0.410 e. The maximum absolute atomic E-state index is 12.0. The second kappa shape index (κ2) is 4.27. The fourth-order valence-electron chi connectivity index (χ4n) is 2.95. The second-order valence-electron chi connectivity index (χ2n) is 6.07. The van der Waals surface area contributed by atoms with Crippen LogP contribution in [0.1, 0.15) is 52.9 Å². The van der Waals surface area contributed by atoms with Gasteiger partial charge in [-0.15, -0.1) is 0 Å². The molecule has 1 saturated heterocycles. The summed E-state index contributed by atoms with van der Waals surface area (Å²) in [5.74, 6) is 0.737. The van der Waals surface area contributed by atoms with Gasteiger partial charge in [0.15, 0.2) is 0 Å². The van der Waals surface area contributed by atoms with Crippen molar-refractivity contribution in [3.8, 4) is 0 Å². The molecule has 0 radical (unpaired) electrons. The lowest BCUT2D eigenvalue weighted by Gasteiger charge is -2.33. The summed E-state index contributed by atoms with van der Waals surface area (Å²) < 4.78 is 5.46. The molecule has 2 atom stereocenters. The van der Waals surface area contributed by atoms with Gasteiger partial charge in [-0.2, -0.15) is 0 Å². The van der Waals surface area contributed by atoms with Crippen LogP contribution in [0.2, 0.25) is 0 Å². The van der Waals surface area contributed by atoms with E-state index in [9.17, 15) is 4.79 Å². The second-order valence-corrected chi connectivity index (χ2v) is 6.07. The van der Waals surface area contributed by atoms with Crippen LogP contribution in [0, 0.1) is 5.92 Å². The minimum atomic E-state index is -0.371. The topological polar surface area (TPSA) is 29.5 Å². The van der Waals surface area contributed by atoms with Gasteiger partial charge >= 0.3 is 6.09 Å². The minimum absolute atomic E-state index is 0.109. The first-order valence-electron chi connectivity index (χ1n) is 6.47. The van der Waals surface area contributed by atoms with E-state index in [-0.39, 0.29) is 11.7 Å². The SMILES string of the molecule is CC(C)(C)OC(=O)N1CC[C@@H]2CCCC[C@@H]21. The highest BCUT2D eigenvalue weighted by Crippen LogP contribution is 2.36. The van der Waals surface area contributed by atoms with Crippen molar-refractivity contribution in [3.05, 3.63) is 0 Å². The van der Waals surface area contributed by atoms with Gasteiger partial charge in [0.05, 0.1) is 0 Å². The van der Waals surface area contributed by atoms with E-state index >= 15 is 0 Å². The lowest BCUT2D eigenvalue weighted by Crippen LogP contribution is -2.42. The molecule has 0 bridgehead atoms. The molecule has 2 rings (SSSR count). The predicted molar refractivity (Wildman–Crippen MR) is 63.3 cm³/mol. The summed E-state index contributed by atoms with van der Waals surface area (Å²) in [6.45, 7) is 6.68. The van der Waals surface area contributed by atoms with Crippen molar-refractivity contribution in [2.45, 2.75) is 64.5 Å². The van der Waals surface area contributed by atoms with Crippen molar-refractivity contribution in [1.29, 1.82) is 0 Å². The lowest BCUT2D eigenvalue weighted by atomic mass is 9.85. The van der Waals surface area contributed by atoms with Crippen LogP contribution in [0.5, 0.6) is 0 Å². The standard InChI is InChI=1S/C13H23NO2/c1-13(2,3)16-12(15)14-9-8-10-6-4-5-7-11(10)14/h10-11H,4-9H2,1-3H3/t10-,11-/m0/s1. The van der Waals surface area contributed by atoms with Gasteiger partial charge in [0.25, 0.3) is 0 Å². The number of rotatable bonds is 0. The monoisotopic (exact) mass is 225 g/mol. The quantitative estimate of drug-likeness (QED) is 0.633. The molecule has 3 heteroatoms. The molecule has 1 heterocycles. The highest BCUT2D eigenvalue weighted by atomic mass is 16.6. The van der Waals surface area contributed by atoms with E-state index < -0.39 is 0 Å². The summed E-state index contributed by atoms with van der Waals surface area (Å²) >= 11 is 0. The van der Waals surface area contributed by atoms with Crippen LogP contribution < -0.4 is 0 Å². The molecule has 1 saturated carbocycles. The van der Waals surface area contributed by atoms with Gasteiger partial charge in [-0.1, -0.05) is 12.8 Å². The number of nitrogens with zero attached hydrogens (tertiary/aromatic N) is 1. The molecule has 1 aliphatic heterocycles. The van der Waals surface area contributed by atoms with Crippen molar-refractivity contribution in [2.24, 2.45) is 5.92 Å². The van der Waals surface area contributed by atoms with Gasteiger partial charge in [-0.3, -0.25) is 0 Å². The Kier molecular flexibility index (Phi) is 3.13. The Labute approximate surface area is 98.1 Å². The molecule has 0 aromatic heterocycles. The lowest BCUT2D eigenvalue weighted by molar-refractivity contribution is 0.0182. The summed E-state index contributed by atoms with van der Waals surface area (Å²) in [7, 11) is 0. The van der Waals surface area contributed by atoms with Crippen molar-refractivity contribution in [2.75, 3.05) is 6.54 Å². The summed E-state index contributed by atoms with van der Waals surface area (Å²) in [6.07, 6.45) is 6.13. The highest BCUT2D eigenvalue weighted by Gasteiger charge is 2.39. The first-order valence-corrected chi connectivity index (χ1v) is 6.47. The molecule has 2 aliphatic rings. The van der Waals surface area contributed by atoms with Gasteiger partial charge in [0.2, 0.25) is 0 Å². The van der Waals surface area contributed by atoms with E-state index in [0.29, 0.717) is 6.04 Å². The fraction of sp³-hybridized carbons (Fsp3) is 0.923. The maximum atomic E-state index is 12.0. The minimum Gasteiger partial charge on any atom is -0.444 e. The summed E-state index contributed by atoms with van der Waals surface area (Å²) in [4.78, 5) is 14.0. The molecule has 16 heavy (non-hydrogen) atoms. The van der Waals surface area contributed by atoms with Crippen LogP contribution in [-0.2, 0) is 4.74 Å². The fourth-order valence-corrected chi connectivity index (χ4v) is 2.95. The Bertz CT molecular complexity index is 270. The van der Waals surface area contributed by atoms with Crippen LogP contribution >= 0.6 is 0 Å². The highest BCUT2D eigenvalue weighted by molar-refractivity contribution is 5.69. The smallest absolute Gasteiger partial charge is 0.410 e. The average molecular weight is 225 g/mol. The first-order chi connectivity index (χ1) is 7.47. The summed E-state index contributed by atoms with van der Waals surface area (Å²) in [6, 6.07) is 0.462. The number of likely N-dealkylation sites (tertiary alicyclic amines) is 1. The Morgan fingerprint density at radius 1 is 1.19 bits per heavy atom. The van der Waals surface area contributed by atoms with Crippen LogP contribution in [0.15, 0.2) is 0 Å². The zero-order valence-corrected chi connectivity index (χ0v) is 10.7. The zero-order chi connectivity index (χ0) is 11.8. The van der Waals surface area contributed by atoms with Crippen molar-refractivity contribution in [1.82, 2.24) is 4.90 Å². The van der Waals surface area contributed by atoms with E-state index in [1.165, 1.54) is 32.1 Å². The van der Waals surface area contributed by atoms with Gasteiger partial charge in [0, 0.05) is 12.6 Å². The van der Waals surface area contributed by atoms with E-state index in [1.54, 1.807) is 0 Å². The molecule has 92 valence electrons. The number of hydrogen-bond donors (Lipinski definition) is 0. The van der Waals surface area contributed by atoms with E-state index in [4.69, 9.17) is 4.74 Å². The van der Waals surface area contributed by atoms with E-state index in [1.807, 2.05) is 25.7 Å². The third-order valence-corrected chi connectivity index (χ3v) is 3.64. The largest absolute Gasteiger partial charge is 0.444 e. The zero-order valence-electron chi connectivity index (χ0n) is 10.7. The van der Waals surface area contributed by atoms with E-state index in [2.05, 4.69) is 0 Å². The Balaban J connectivity index is 1.97. The summed E-state index contributed by atoms with van der Waals surface area (Å²) in [5, 5.41) is 0. The van der Waals surface area contributed by atoms with Gasteiger partial charge in [0.1, 0.15) is 5.60 Å². The normalized spacial score (nSPS) is 30.1. The molecular formula is C13H23NO2. The molecule has 0 spiro atoms. The average Bonchev–Trinajstić information content (AvgIpc) is 2.58. The molecule has 0 N–H and O–H groups in total. The van der Waals surface area contributed by atoms with Crippen LogP contribution in [-0.4, -0.2) is 29.2 Å². The Hall–Kier alpha value is -0.730. The number of carbonyl (C=O) groups is 1. The molecule has 2 fully saturated rings. The number of hydrogen-bond acceptors (Lipinski definition) is 2. The Morgan fingerprint density at radius 3 is 2.56 bits per heavy atom. The van der Waals surface area contributed by atoms with Crippen molar-refractivity contribution >= 4 is 6.09 Å². The van der Waals surface area contributed by atoms with Crippen molar-refractivity contribution < 1.29 is 9.53 Å². The molecule has 1 amide bonds. The molecule has 0 aromatic carbocycles. The van der Waals surface area contributed by atoms with Gasteiger partial charge in [-0.05, 0) is 46.0 Å². The number of ether oxygens (including phenoxy) is 1. The van der Waals surface area contributed by atoms with Crippen molar-refractivity contribution in [3.63, 3.8) is 0 Å². The number of fused-ring (bicyclic) bond motifs is 1. The molecule has 0 aromatic rings. The predicted octanol–water partition coefficient (Wildman–Crippen LogP) is 3.19. The van der Waals surface area contributed by atoms with Gasteiger partial charge in [-0.25, -0.2) is 4.79 Å². The molecular weight excluding hydrogens is 202 g/mol. The number of carbonyl (C=O) groups excluding carboxylic acids is 1. The van der Waals surface area contributed by atoms with Crippen LogP contribution in [0.4, 0.5) is 4.79 Å². The molecule has 1 aliphatic carbocycles. The van der Waals surface area contributed by atoms with E-state index in [0.717, 1.165) is 12.5 Å². The van der Waals surface area contributed by atoms with Crippen LogP contribution in [0.3, 0.4) is 0 Å². The third kappa shape index (κ3) is 2.50. The molecule has 0 unspecified atom stereocenters. The third-order valence-electron chi connectivity index (χ3n) is 3.64. The Morgan fingerprint density at radius 2 is 1.88 bits per heavy atom. The number of amides is 1. The van der Waals surface area contributed by atoms with Gasteiger partial charge < -0.3 is 9.64 Å². The first kappa shape index (κ1) is 11.7. The van der Waals surface area contributed by atoms with Crippen LogP contribution in [0.25, 0.3) is 0 Å². The summed E-state index contributed by atoms with van der Waals surface area (Å²) in [5.41, 5.74) is -0.371. The molecule has 3 nitrogen and oxygen atoms in total.